The highest BCUT2D eigenvalue weighted by Gasteiger charge is 2.19. The van der Waals surface area contributed by atoms with Gasteiger partial charge in [0.25, 0.3) is 5.91 Å². The summed E-state index contributed by atoms with van der Waals surface area (Å²) in [6.45, 7) is 3.63. The van der Waals surface area contributed by atoms with E-state index in [1.807, 2.05) is 6.92 Å². The van der Waals surface area contributed by atoms with Crippen molar-refractivity contribution in [2.45, 2.75) is 38.8 Å². The molecule has 6 heteroatoms. The summed E-state index contributed by atoms with van der Waals surface area (Å²) < 4.78 is 5.52. The molecule has 20 heavy (non-hydrogen) atoms. The van der Waals surface area contributed by atoms with Crippen molar-refractivity contribution >= 4 is 29.1 Å². The fourth-order valence-corrected chi connectivity index (χ4v) is 2.12. The molecule has 2 N–H and O–H groups in total. The number of aliphatic hydroxyl groups excluding tert-OH is 1. The van der Waals surface area contributed by atoms with Crippen LogP contribution in [0.1, 0.15) is 26.7 Å². The highest BCUT2D eigenvalue weighted by molar-refractivity contribution is 6.35. The minimum absolute atomic E-state index is 0.0387. The Bertz CT molecular complexity index is 454. The maximum Gasteiger partial charge on any atom is 0.260 e. The number of aliphatic hydroxyl groups is 1. The van der Waals surface area contributed by atoms with Gasteiger partial charge in [0.15, 0.2) is 6.10 Å². The minimum atomic E-state index is -0.679. The fourth-order valence-electron chi connectivity index (χ4n) is 1.67. The lowest BCUT2D eigenvalue weighted by atomic mass is 10.1. The van der Waals surface area contributed by atoms with Crippen molar-refractivity contribution in [2.24, 2.45) is 0 Å². The van der Waals surface area contributed by atoms with E-state index in [2.05, 4.69) is 5.32 Å². The van der Waals surface area contributed by atoms with E-state index in [4.69, 9.17) is 33.0 Å². The zero-order valence-electron chi connectivity index (χ0n) is 11.5. The van der Waals surface area contributed by atoms with Crippen molar-refractivity contribution in [3.8, 4) is 5.75 Å². The molecule has 112 valence electrons. The second kappa shape index (κ2) is 8.35. The maximum absolute atomic E-state index is 12.0. The lowest BCUT2D eigenvalue weighted by Crippen LogP contribution is -2.42. The zero-order chi connectivity index (χ0) is 15.1. The van der Waals surface area contributed by atoms with Crippen molar-refractivity contribution in [1.82, 2.24) is 5.32 Å². The molecule has 0 aliphatic heterocycles. The predicted octanol–water partition coefficient (Wildman–Crippen LogP) is 3.04. The molecule has 2 atom stereocenters. The van der Waals surface area contributed by atoms with E-state index in [9.17, 15) is 4.79 Å². The summed E-state index contributed by atoms with van der Waals surface area (Å²) in [5.41, 5.74) is 0. The molecule has 0 saturated carbocycles. The van der Waals surface area contributed by atoms with Crippen LogP contribution in [0.3, 0.4) is 0 Å². The summed E-state index contributed by atoms with van der Waals surface area (Å²) in [6.07, 6.45) is 0.596. The largest absolute Gasteiger partial charge is 0.479 e. The van der Waals surface area contributed by atoms with Crippen molar-refractivity contribution in [1.29, 1.82) is 0 Å². The average Bonchev–Trinajstić information content (AvgIpc) is 2.41. The van der Waals surface area contributed by atoms with Crippen LogP contribution in [0, 0.1) is 0 Å². The number of amides is 1. The quantitative estimate of drug-likeness (QED) is 0.812. The van der Waals surface area contributed by atoms with Gasteiger partial charge in [0.05, 0.1) is 5.02 Å². The van der Waals surface area contributed by atoms with Crippen LogP contribution in [0.5, 0.6) is 5.75 Å². The van der Waals surface area contributed by atoms with E-state index >= 15 is 0 Å². The molecule has 0 bridgehead atoms. The maximum atomic E-state index is 12.0. The molecule has 1 amide bonds. The standard InChI is InChI=1S/C14H19Cl2NO3/c1-3-11(6-7-18)17-14(19)9(2)20-13-5-4-10(15)8-12(13)16/h4-5,8-9,11,18H,3,6-7H2,1-2H3,(H,17,19). The molecule has 0 fully saturated rings. The summed E-state index contributed by atoms with van der Waals surface area (Å²) in [7, 11) is 0. The van der Waals surface area contributed by atoms with E-state index in [0.717, 1.165) is 6.42 Å². The van der Waals surface area contributed by atoms with Crippen molar-refractivity contribution in [3.63, 3.8) is 0 Å². The summed E-state index contributed by atoms with van der Waals surface area (Å²) >= 11 is 11.8. The fraction of sp³-hybridized carbons (Fsp3) is 0.500. The van der Waals surface area contributed by atoms with Gasteiger partial charge in [-0.25, -0.2) is 0 Å². The lowest BCUT2D eigenvalue weighted by molar-refractivity contribution is -0.128. The smallest absolute Gasteiger partial charge is 0.260 e. The Balaban J connectivity index is 2.61. The molecular formula is C14H19Cl2NO3. The van der Waals surface area contributed by atoms with Crippen LogP contribution in [-0.2, 0) is 4.79 Å². The number of hydrogen-bond acceptors (Lipinski definition) is 3. The van der Waals surface area contributed by atoms with E-state index in [0.29, 0.717) is 22.2 Å². The van der Waals surface area contributed by atoms with Gasteiger partial charge < -0.3 is 15.2 Å². The van der Waals surface area contributed by atoms with Crippen molar-refractivity contribution in [3.05, 3.63) is 28.2 Å². The van der Waals surface area contributed by atoms with E-state index in [1.54, 1.807) is 25.1 Å². The highest BCUT2D eigenvalue weighted by Crippen LogP contribution is 2.28. The molecule has 1 rings (SSSR count). The first kappa shape index (κ1) is 17.1. The van der Waals surface area contributed by atoms with Gasteiger partial charge in [-0.05, 0) is 38.0 Å². The van der Waals surface area contributed by atoms with Gasteiger partial charge in [-0.3, -0.25) is 4.79 Å². The van der Waals surface area contributed by atoms with Gasteiger partial charge in [0, 0.05) is 17.7 Å². The molecule has 1 aromatic carbocycles. The number of carbonyl (C=O) groups is 1. The summed E-state index contributed by atoms with van der Waals surface area (Å²) in [5.74, 6) is 0.172. The third-order valence-electron chi connectivity index (χ3n) is 2.88. The summed E-state index contributed by atoms with van der Waals surface area (Å²) in [5, 5.41) is 12.6. The average molecular weight is 320 g/mol. The molecule has 0 radical (unpaired) electrons. The number of nitrogens with one attached hydrogen (secondary N) is 1. The Morgan fingerprint density at radius 2 is 2.15 bits per heavy atom. The van der Waals surface area contributed by atoms with Gasteiger partial charge in [-0.15, -0.1) is 0 Å². The Morgan fingerprint density at radius 1 is 1.45 bits per heavy atom. The monoisotopic (exact) mass is 319 g/mol. The molecule has 4 nitrogen and oxygen atoms in total. The second-order valence-electron chi connectivity index (χ2n) is 4.46. The number of carbonyl (C=O) groups excluding carboxylic acids is 1. The molecule has 2 unspecified atom stereocenters. The molecule has 0 spiro atoms. The SMILES string of the molecule is CCC(CCO)NC(=O)C(C)Oc1ccc(Cl)cc1Cl. The van der Waals surface area contributed by atoms with Crippen LogP contribution in [0.4, 0.5) is 0 Å². The summed E-state index contributed by atoms with van der Waals surface area (Å²) in [6, 6.07) is 4.77. The number of halogens is 2. The Kier molecular flexibility index (Phi) is 7.13. The highest BCUT2D eigenvalue weighted by atomic mass is 35.5. The first-order valence-electron chi connectivity index (χ1n) is 6.50. The minimum Gasteiger partial charge on any atom is -0.479 e. The molecule has 0 aliphatic carbocycles. The third kappa shape index (κ3) is 5.19. The van der Waals surface area contributed by atoms with Crippen LogP contribution >= 0.6 is 23.2 Å². The zero-order valence-corrected chi connectivity index (χ0v) is 13.0. The van der Waals surface area contributed by atoms with E-state index in [-0.39, 0.29) is 18.6 Å². The number of hydrogen-bond donors (Lipinski definition) is 2. The first-order valence-corrected chi connectivity index (χ1v) is 7.26. The van der Waals surface area contributed by atoms with Crippen molar-refractivity contribution < 1.29 is 14.6 Å². The number of benzene rings is 1. The van der Waals surface area contributed by atoms with E-state index in [1.165, 1.54) is 0 Å². The van der Waals surface area contributed by atoms with Crippen LogP contribution in [0.25, 0.3) is 0 Å². The molecular weight excluding hydrogens is 301 g/mol. The normalized spacial score (nSPS) is 13.7. The second-order valence-corrected chi connectivity index (χ2v) is 5.30. The van der Waals surface area contributed by atoms with Crippen LogP contribution in [-0.4, -0.2) is 29.8 Å². The van der Waals surface area contributed by atoms with E-state index < -0.39 is 6.10 Å². The molecule has 0 aliphatic rings. The van der Waals surface area contributed by atoms with Crippen LogP contribution in [0.2, 0.25) is 10.0 Å². The Labute approximate surface area is 129 Å². The number of ether oxygens (including phenoxy) is 1. The lowest BCUT2D eigenvalue weighted by Gasteiger charge is -2.20. The van der Waals surface area contributed by atoms with Gasteiger partial charge in [0.1, 0.15) is 5.75 Å². The Morgan fingerprint density at radius 3 is 2.70 bits per heavy atom. The molecule has 0 heterocycles. The van der Waals surface area contributed by atoms with Gasteiger partial charge in [0.2, 0.25) is 0 Å². The van der Waals surface area contributed by atoms with Crippen LogP contribution in [0.15, 0.2) is 18.2 Å². The summed E-state index contributed by atoms with van der Waals surface area (Å²) in [4.78, 5) is 12.0. The molecule has 1 aromatic rings. The van der Waals surface area contributed by atoms with Crippen molar-refractivity contribution in [2.75, 3.05) is 6.61 Å². The Hall–Kier alpha value is -0.970. The predicted molar refractivity (Wildman–Crippen MR) is 80.5 cm³/mol. The van der Waals surface area contributed by atoms with Crippen LogP contribution < -0.4 is 10.1 Å². The topological polar surface area (TPSA) is 58.6 Å². The number of rotatable bonds is 7. The van der Waals surface area contributed by atoms with Gasteiger partial charge in [-0.2, -0.15) is 0 Å². The molecule has 0 saturated heterocycles. The third-order valence-corrected chi connectivity index (χ3v) is 3.41. The van der Waals surface area contributed by atoms with Gasteiger partial charge in [-0.1, -0.05) is 30.1 Å². The first-order chi connectivity index (χ1) is 9.47. The molecule has 0 aromatic heterocycles. The van der Waals surface area contributed by atoms with Gasteiger partial charge >= 0.3 is 0 Å².